The molecule has 8 heteroatoms. The fourth-order valence-electron chi connectivity index (χ4n) is 2.91. The Morgan fingerprint density at radius 2 is 1.33 bits per heavy atom. The molecule has 0 unspecified atom stereocenters. The molecule has 0 radical (unpaired) electrons. The van der Waals surface area contributed by atoms with Crippen LogP contribution in [0.25, 0.3) is 0 Å². The van der Waals surface area contributed by atoms with Crippen LogP contribution in [0.4, 0.5) is 0 Å². The average Bonchev–Trinajstić information content (AvgIpc) is 2.63. The summed E-state index contributed by atoms with van der Waals surface area (Å²) < 4.78 is 33.8. The number of hydrogen-bond donors (Lipinski definition) is 0. The van der Waals surface area contributed by atoms with E-state index in [1.54, 1.807) is 21.0 Å². The number of unbranched alkanes of at least 4 members (excludes halogenated alkanes) is 1. The van der Waals surface area contributed by atoms with Gasteiger partial charge in [0.05, 0.1) is 38.4 Å². The zero-order valence-electron chi connectivity index (χ0n) is 16.8. The maximum atomic E-state index is 11.8. The minimum Gasteiger partial charge on any atom is -0.460 e. The van der Waals surface area contributed by atoms with E-state index in [1.807, 2.05) is 6.92 Å². The molecular formula is C19H32O8. The maximum absolute atomic E-state index is 11.8. The molecule has 1 spiro atoms. The van der Waals surface area contributed by atoms with E-state index in [1.165, 1.54) is 0 Å². The molecule has 0 aromatic rings. The summed E-state index contributed by atoms with van der Waals surface area (Å²) in [5.41, 5.74) is -0.372. The number of methoxy groups -OCH3 is 1. The molecule has 2 saturated heterocycles. The summed E-state index contributed by atoms with van der Waals surface area (Å²) in [7, 11) is 1.60. The highest BCUT2D eigenvalue weighted by Crippen LogP contribution is 2.36. The van der Waals surface area contributed by atoms with Crippen molar-refractivity contribution in [2.75, 3.05) is 46.8 Å². The summed E-state index contributed by atoms with van der Waals surface area (Å²) in [6, 6.07) is 0. The predicted molar refractivity (Wildman–Crippen MR) is 95.0 cm³/mol. The van der Waals surface area contributed by atoms with Gasteiger partial charge in [-0.05, 0) is 33.6 Å². The van der Waals surface area contributed by atoms with Gasteiger partial charge in [-0.25, -0.2) is 0 Å². The molecule has 0 aliphatic carbocycles. The SMILES string of the molecule is COCC1(C)OCC2(CO1)COC(C)(COC(=O)CCCCC(C)=O)OC2. The van der Waals surface area contributed by atoms with Gasteiger partial charge in [0.2, 0.25) is 0 Å². The summed E-state index contributed by atoms with van der Waals surface area (Å²) in [6.45, 7) is 7.19. The zero-order chi connectivity index (χ0) is 20.0. The molecule has 27 heavy (non-hydrogen) atoms. The molecule has 0 N–H and O–H groups in total. The van der Waals surface area contributed by atoms with E-state index in [0.717, 1.165) is 0 Å². The molecule has 8 nitrogen and oxygen atoms in total. The minimum absolute atomic E-state index is 0.0255. The Labute approximate surface area is 160 Å². The quantitative estimate of drug-likeness (QED) is 0.437. The maximum Gasteiger partial charge on any atom is 0.305 e. The molecule has 0 aromatic carbocycles. The van der Waals surface area contributed by atoms with Crippen molar-refractivity contribution < 1.29 is 38.0 Å². The number of hydrogen-bond acceptors (Lipinski definition) is 8. The van der Waals surface area contributed by atoms with Crippen LogP contribution < -0.4 is 0 Å². The van der Waals surface area contributed by atoms with Crippen LogP contribution in [-0.2, 0) is 38.0 Å². The fraction of sp³-hybridized carbons (Fsp3) is 0.895. The van der Waals surface area contributed by atoms with Gasteiger partial charge < -0.3 is 33.2 Å². The topological polar surface area (TPSA) is 89.5 Å². The van der Waals surface area contributed by atoms with Crippen molar-refractivity contribution in [3.05, 3.63) is 0 Å². The lowest BCUT2D eigenvalue weighted by Gasteiger charge is -2.49. The lowest BCUT2D eigenvalue weighted by atomic mass is 9.89. The number of ketones is 1. The first-order valence-electron chi connectivity index (χ1n) is 9.40. The third kappa shape index (κ3) is 6.80. The molecule has 2 aliphatic heterocycles. The molecule has 0 amide bonds. The Kier molecular flexibility index (Phi) is 7.76. The lowest BCUT2D eigenvalue weighted by Crippen LogP contribution is -2.59. The van der Waals surface area contributed by atoms with E-state index in [4.69, 9.17) is 28.4 Å². The number of carbonyl (C=O) groups excluding carboxylic acids is 2. The van der Waals surface area contributed by atoms with Gasteiger partial charge in [0.15, 0.2) is 11.6 Å². The smallest absolute Gasteiger partial charge is 0.305 e. The third-order valence-electron chi connectivity index (χ3n) is 4.80. The second-order valence-corrected chi connectivity index (χ2v) is 7.93. The molecule has 156 valence electrons. The average molecular weight is 388 g/mol. The minimum atomic E-state index is -0.979. The van der Waals surface area contributed by atoms with Gasteiger partial charge in [0, 0.05) is 20.0 Å². The van der Waals surface area contributed by atoms with Crippen molar-refractivity contribution in [3.8, 4) is 0 Å². The first-order chi connectivity index (χ1) is 12.7. The molecule has 2 aliphatic rings. The highest BCUT2D eigenvalue weighted by atomic mass is 16.7. The number of ether oxygens (including phenoxy) is 6. The Bertz CT molecular complexity index is 500. The highest BCUT2D eigenvalue weighted by Gasteiger charge is 2.48. The van der Waals surface area contributed by atoms with Crippen LogP contribution in [0.1, 0.15) is 46.5 Å². The number of rotatable bonds is 9. The number of esters is 1. The fourth-order valence-corrected chi connectivity index (χ4v) is 2.91. The largest absolute Gasteiger partial charge is 0.460 e. The van der Waals surface area contributed by atoms with Crippen LogP contribution in [0, 0.1) is 5.41 Å². The normalized spacial score (nSPS) is 33.8. The van der Waals surface area contributed by atoms with Gasteiger partial charge in [-0.3, -0.25) is 4.79 Å². The molecule has 0 aromatic heterocycles. The van der Waals surface area contributed by atoms with E-state index in [-0.39, 0.29) is 30.2 Å². The Morgan fingerprint density at radius 3 is 1.81 bits per heavy atom. The number of Topliss-reactive ketones (excluding diaryl/α,β-unsaturated/α-hetero) is 1. The summed E-state index contributed by atoms with van der Waals surface area (Å²) in [4.78, 5) is 22.7. The molecule has 2 rings (SSSR count). The monoisotopic (exact) mass is 388 g/mol. The van der Waals surface area contributed by atoms with E-state index < -0.39 is 11.6 Å². The lowest BCUT2D eigenvalue weighted by molar-refractivity contribution is -0.369. The van der Waals surface area contributed by atoms with Crippen LogP contribution in [0.2, 0.25) is 0 Å². The van der Waals surface area contributed by atoms with E-state index in [2.05, 4.69) is 0 Å². The van der Waals surface area contributed by atoms with Gasteiger partial charge in [-0.15, -0.1) is 0 Å². The van der Waals surface area contributed by atoms with Crippen LogP contribution in [-0.4, -0.2) is 70.1 Å². The van der Waals surface area contributed by atoms with E-state index in [0.29, 0.717) is 52.3 Å². The molecular weight excluding hydrogens is 356 g/mol. The van der Waals surface area contributed by atoms with Crippen molar-refractivity contribution in [1.29, 1.82) is 0 Å². The first kappa shape index (κ1) is 22.2. The van der Waals surface area contributed by atoms with Gasteiger partial charge in [-0.1, -0.05) is 0 Å². The summed E-state index contributed by atoms with van der Waals surface area (Å²) in [5.74, 6) is -1.91. The second kappa shape index (κ2) is 9.43. The Hall–Kier alpha value is -1.06. The second-order valence-electron chi connectivity index (χ2n) is 7.93. The van der Waals surface area contributed by atoms with Gasteiger partial charge in [-0.2, -0.15) is 0 Å². The highest BCUT2D eigenvalue weighted by molar-refractivity contribution is 5.75. The number of carbonyl (C=O) groups is 2. The molecule has 2 fully saturated rings. The Morgan fingerprint density at radius 1 is 0.852 bits per heavy atom. The van der Waals surface area contributed by atoms with Crippen LogP contribution >= 0.6 is 0 Å². The Balaban J connectivity index is 1.69. The zero-order valence-corrected chi connectivity index (χ0v) is 16.8. The molecule has 0 atom stereocenters. The molecule has 0 saturated carbocycles. The van der Waals surface area contributed by atoms with Gasteiger partial charge >= 0.3 is 5.97 Å². The third-order valence-corrected chi connectivity index (χ3v) is 4.80. The molecule has 2 heterocycles. The van der Waals surface area contributed by atoms with Crippen LogP contribution in [0.3, 0.4) is 0 Å². The van der Waals surface area contributed by atoms with E-state index >= 15 is 0 Å². The van der Waals surface area contributed by atoms with Crippen molar-refractivity contribution in [2.45, 2.75) is 58.0 Å². The van der Waals surface area contributed by atoms with Crippen molar-refractivity contribution in [2.24, 2.45) is 5.41 Å². The van der Waals surface area contributed by atoms with Gasteiger partial charge in [0.1, 0.15) is 12.4 Å². The van der Waals surface area contributed by atoms with E-state index in [9.17, 15) is 9.59 Å². The van der Waals surface area contributed by atoms with Gasteiger partial charge in [0.25, 0.3) is 0 Å². The van der Waals surface area contributed by atoms with Crippen molar-refractivity contribution in [3.63, 3.8) is 0 Å². The molecule has 0 bridgehead atoms. The van der Waals surface area contributed by atoms with Crippen molar-refractivity contribution >= 4 is 11.8 Å². The summed E-state index contributed by atoms with van der Waals surface area (Å²) >= 11 is 0. The summed E-state index contributed by atoms with van der Waals surface area (Å²) in [6.07, 6.45) is 2.11. The van der Waals surface area contributed by atoms with Crippen LogP contribution in [0.5, 0.6) is 0 Å². The summed E-state index contributed by atoms with van der Waals surface area (Å²) in [5, 5.41) is 0. The standard InChI is InChI=1S/C19H32O8/c1-15(20)7-5-6-8-16(21)23-10-18(3)26-13-19(14-27-18)11-24-17(2,9-22-4)25-12-19/h5-14H2,1-4H3. The predicted octanol–water partition coefficient (Wildman–Crippen LogP) is 1.84. The first-order valence-corrected chi connectivity index (χ1v) is 9.40. The van der Waals surface area contributed by atoms with Crippen LogP contribution in [0.15, 0.2) is 0 Å². The van der Waals surface area contributed by atoms with Crippen molar-refractivity contribution in [1.82, 2.24) is 0 Å².